The fourth-order valence-electron chi connectivity index (χ4n) is 5.21. The van der Waals surface area contributed by atoms with Crippen LogP contribution in [0.5, 0.6) is 0 Å². The normalized spacial score (nSPS) is 29.5. The zero-order valence-electron chi connectivity index (χ0n) is 21.3. The van der Waals surface area contributed by atoms with Crippen LogP contribution in [-0.4, -0.2) is 57.7 Å². The second-order valence-electron chi connectivity index (χ2n) is 11.0. The summed E-state index contributed by atoms with van der Waals surface area (Å²) >= 11 is 0. The van der Waals surface area contributed by atoms with Gasteiger partial charge in [0.25, 0.3) is 0 Å². The van der Waals surface area contributed by atoms with Gasteiger partial charge in [-0.3, -0.25) is 14.2 Å². The van der Waals surface area contributed by atoms with E-state index in [4.69, 9.17) is 4.74 Å². The number of nitrogens with zero attached hydrogens (tertiary/aromatic N) is 1. The molecule has 0 spiro atoms. The number of rotatable bonds is 8. The Kier molecular flexibility index (Phi) is 8.22. The zero-order chi connectivity index (χ0) is 26.0. The van der Waals surface area contributed by atoms with E-state index in [1.807, 2.05) is 20.8 Å². The van der Waals surface area contributed by atoms with E-state index in [0.29, 0.717) is 25.8 Å². The topological polar surface area (TPSA) is 125 Å². The largest absolute Gasteiger partial charge is 0.446 e. The minimum absolute atomic E-state index is 0.130. The highest BCUT2D eigenvalue weighted by Crippen LogP contribution is 2.70. The van der Waals surface area contributed by atoms with Crippen LogP contribution in [0, 0.1) is 11.3 Å². The summed E-state index contributed by atoms with van der Waals surface area (Å²) in [5.74, 6) is 0.104. The van der Waals surface area contributed by atoms with E-state index in [9.17, 15) is 23.8 Å². The first-order valence-corrected chi connectivity index (χ1v) is 14.3. The molecule has 3 aliphatic rings. The van der Waals surface area contributed by atoms with Gasteiger partial charge in [-0.1, -0.05) is 32.9 Å². The van der Waals surface area contributed by atoms with E-state index >= 15 is 0 Å². The molecule has 2 saturated carbocycles. The van der Waals surface area contributed by atoms with Gasteiger partial charge in [-0.05, 0) is 63.1 Å². The smallest absolute Gasteiger partial charge is 0.408 e. The number of allylic oxidation sites excluding steroid dienone is 1. The van der Waals surface area contributed by atoms with Gasteiger partial charge in [0.05, 0.1) is 0 Å². The lowest BCUT2D eigenvalue weighted by molar-refractivity contribution is -0.142. The molecular weight excluding hydrogens is 469 g/mol. The van der Waals surface area contributed by atoms with Gasteiger partial charge < -0.3 is 25.2 Å². The summed E-state index contributed by atoms with van der Waals surface area (Å²) in [5, 5.41) is 4.26. The number of amides is 3. The molecule has 1 saturated heterocycles. The van der Waals surface area contributed by atoms with E-state index in [1.165, 1.54) is 16.8 Å². The van der Waals surface area contributed by atoms with Crippen molar-refractivity contribution in [3.8, 4) is 0 Å². The van der Waals surface area contributed by atoms with Crippen molar-refractivity contribution in [2.24, 2.45) is 11.3 Å². The minimum atomic E-state index is -3.83. The van der Waals surface area contributed by atoms with Crippen molar-refractivity contribution < 1.29 is 28.6 Å². The summed E-state index contributed by atoms with van der Waals surface area (Å²) in [5.41, 5.74) is -0.617. The molecule has 3 rings (SSSR count). The molecule has 0 bridgehead atoms. The highest BCUT2D eigenvalue weighted by atomic mass is 31.2. The standard InChI is InChI=1S/C25H40N3O6P/c1-6-15-35(32,33)25(16-17(25)7-2)27-21(29)19-13-10-14-28(19)22(30)20(24(3,4)5)26-23(31)34-18-11-8-9-12-18/h6-7,15,17-20H,2,8-14,16H2,1,3-5H3,(H,26,31)(H,27,29)(H,32,33)/b15-6+/t17-,19+,20?,25+/m1/s1. The Bertz CT molecular complexity index is 923. The fourth-order valence-corrected chi connectivity index (χ4v) is 7.18. The maximum Gasteiger partial charge on any atom is 0.408 e. The van der Waals surface area contributed by atoms with Gasteiger partial charge in [0.2, 0.25) is 19.2 Å². The molecular formula is C25H40N3O6P. The summed E-state index contributed by atoms with van der Waals surface area (Å²) in [6, 6.07) is -1.67. The Morgan fingerprint density at radius 3 is 2.40 bits per heavy atom. The van der Waals surface area contributed by atoms with E-state index < -0.39 is 42.1 Å². The fraction of sp³-hybridized carbons (Fsp3) is 0.720. The van der Waals surface area contributed by atoms with Gasteiger partial charge in [0.15, 0.2) is 0 Å². The summed E-state index contributed by atoms with van der Waals surface area (Å²) in [7, 11) is -3.83. The van der Waals surface area contributed by atoms with Gasteiger partial charge in [-0.2, -0.15) is 0 Å². The third kappa shape index (κ3) is 5.83. The van der Waals surface area contributed by atoms with Crippen LogP contribution < -0.4 is 10.6 Å². The molecule has 0 aromatic carbocycles. The van der Waals surface area contributed by atoms with Crippen molar-refractivity contribution in [2.75, 3.05) is 6.54 Å². The van der Waals surface area contributed by atoms with E-state index in [2.05, 4.69) is 17.2 Å². The predicted molar refractivity (Wildman–Crippen MR) is 134 cm³/mol. The lowest BCUT2D eigenvalue weighted by Crippen LogP contribution is -2.58. The first-order chi connectivity index (χ1) is 16.4. The minimum Gasteiger partial charge on any atom is -0.446 e. The lowest BCUT2D eigenvalue weighted by atomic mass is 9.85. The molecule has 9 nitrogen and oxygen atoms in total. The molecule has 3 N–H and O–H groups in total. The van der Waals surface area contributed by atoms with Crippen molar-refractivity contribution in [1.29, 1.82) is 0 Å². The van der Waals surface area contributed by atoms with Crippen molar-refractivity contribution in [3.05, 3.63) is 24.5 Å². The molecule has 2 unspecified atom stereocenters. The zero-order valence-corrected chi connectivity index (χ0v) is 22.2. The quantitative estimate of drug-likeness (QED) is 0.337. The Morgan fingerprint density at radius 1 is 1.20 bits per heavy atom. The van der Waals surface area contributed by atoms with Crippen LogP contribution in [0.2, 0.25) is 0 Å². The molecule has 2 aliphatic carbocycles. The van der Waals surface area contributed by atoms with Crippen molar-refractivity contribution in [1.82, 2.24) is 15.5 Å². The lowest BCUT2D eigenvalue weighted by Gasteiger charge is -2.36. The van der Waals surface area contributed by atoms with Gasteiger partial charge in [0.1, 0.15) is 23.5 Å². The Labute approximate surface area is 208 Å². The molecule has 0 aromatic rings. The van der Waals surface area contributed by atoms with Crippen LogP contribution in [0.1, 0.15) is 72.6 Å². The predicted octanol–water partition coefficient (Wildman–Crippen LogP) is 3.88. The molecule has 1 aliphatic heterocycles. The maximum absolute atomic E-state index is 13.6. The molecule has 0 radical (unpaired) electrons. The Balaban J connectivity index is 1.74. The van der Waals surface area contributed by atoms with E-state index in [-0.39, 0.29) is 17.9 Å². The van der Waals surface area contributed by atoms with Gasteiger partial charge in [-0.15, -0.1) is 6.58 Å². The number of nitrogens with one attached hydrogen (secondary N) is 2. The number of carbonyl (C=O) groups excluding carboxylic acids is 3. The van der Waals surface area contributed by atoms with Gasteiger partial charge >= 0.3 is 6.09 Å². The van der Waals surface area contributed by atoms with Crippen LogP contribution in [0.4, 0.5) is 4.79 Å². The number of hydrogen-bond acceptors (Lipinski definition) is 5. The van der Waals surface area contributed by atoms with Crippen molar-refractivity contribution >= 4 is 25.3 Å². The highest BCUT2D eigenvalue weighted by molar-refractivity contribution is 7.63. The van der Waals surface area contributed by atoms with Crippen LogP contribution in [0.15, 0.2) is 24.5 Å². The van der Waals surface area contributed by atoms with Crippen molar-refractivity contribution in [3.63, 3.8) is 0 Å². The molecule has 35 heavy (non-hydrogen) atoms. The first kappa shape index (κ1) is 27.5. The number of likely N-dealkylation sites (tertiary alicyclic amines) is 1. The van der Waals surface area contributed by atoms with Gasteiger partial charge in [-0.25, -0.2) is 4.79 Å². The third-order valence-corrected chi connectivity index (χ3v) is 9.79. The second kappa shape index (κ2) is 10.5. The molecule has 1 heterocycles. The van der Waals surface area contributed by atoms with Gasteiger partial charge in [0, 0.05) is 12.5 Å². The summed E-state index contributed by atoms with van der Waals surface area (Å²) in [6.45, 7) is 11.3. The summed E-state index contributed by atoms with van der Waals surface area (Å²) in [4.78, 5) is 51.7. The molecule has 3 amide bonds. The monoisotopic (exact) mass is 509 g/mol. The number of carbonyl (C=O) groups is 3. The maximum atomic E-state index is 13.6. The molecule has 0 aromatic heterocycles. The van der Waals surface area contributed by atoms with Crippen LogP contribution in [-0.2, 0) is 18.9 Å². The average molecular weight is 510 g/mol. The number of alkyl carbamates (subject to hydrolysis) is 1. The Hall–Kier alpha value is -2.12. The summed E-state index contributed by atoms with van der Waals surface area (Å²) in [6.07, 6.45) is 7.41. The number of hydrogen-bond donors (Lipinski definition) is 3. The molecule has 196 valence electrons. The summed E-state index contributed by atoms with van der Waals surface area (Å²) < 4.78 is 18.5. The van der Waals surface area contributed by atoms with Crippen LogP contribution in [0.3, 0.4) is 0 Å². The third-order valence-electron chi connectivity index (χ3n) is 7.32. The van der Waals surface area contributed by atoms with E-state index in [1.54, 1.807) is 13.0 Å². The second-order valence-corrected chi connectivity index (χ2v) is 13.4. The molecule has 10 heteroatoms. The Morgan fingerprint density at radius 2 is 1.86 bits per heavy atom. The van der Waals surface area contributed by atoms with Crippen LogP contribution >= 0.6 is 7.37 Å². The average Bonchev–Trinajstić information content (AvgIpc) is 3.11. The number of ether oxygens (including phenoxy) is 1. The van der Waals surface area contributed by atoms with Crippen LogP contribution in [0.25, 0.3) is 0 Å². The molecule has 5 atom stereocenters. The first-order valence-electron chi connectivity index (χ1n) is 12.5. The van der Waals surface area contributed by atoms with E-state index in [0.717, 1.165) is 25.7 Å². The SMILES string of the molecule is C=C[C@@H]1C[C@]1(NC(=O)[C@@H]1CCCN1C(=O)C(NC(=O)OC1CCCC1)C(C)(C)C)P(=O)(O)/C=C/C. The molecule has 3 fully saturated rings. The van der Waals surface area contributed by atoms with Crippen molar-refractivity contribution in [2.45, 2.75) is 96.1 Å². The highest BCUT2D eigenvalue weighted by Gasteiger charge is 2.65.